The number of carbonyl (C=O) groups is 1. The summed E-state index contributed by atoms with van der Waals surface area (Å²) < 4.78 is 0. The normalized spacial score (nSPS) is 12.7. The Labute approximate surface area is 130 Å². The Kier molecular flexibility index (Phi) is 3.80. The van der Waals surface area contributed by atoms with Crippen molar-refractivity contribution in [3.63, 3.8) is 0 Å². The Hall–Kier alpha value is -1.69. The number of halogens is 1. The van der Waals surface area contributed by atoms with Crippen LogP contribution in [0.4, 0.5) is 0 Å². The van der Waals surface area contributed by atoms with Gasteiger partial charge in [-0.05, 0) is 18.6 Å². The van der Waals surface area contributed by atoms with Gasteiger partial charge in [0.25, 0.3) is 0 Å². The van der Waals surface area contributed by atoms with Gasteiger partial charge < -0.3 is 10.1 Å². The van der Waals surface area contributed by atoms with Crippen molar-refractivity contribution >= 4 is 39.6 Å². The predicted octanol–water partition coefficient (Wildman–Crippen LogP) is 3.95. The molecule has 0 saturated carbocycles. The van der Waals surface area contributed by atoms with Crippen LogP contribution in [-0.4, -0.2) is 20.9 Å². The van der Waals surface area contributed by atoms with E-state index in [1.54, 1.807) is 23.7 Å². The van der Waals surface area contributed by atoms with Crippen LogP contribution in [0.25, 0.3) is 10.9 Å². The Morgan fingerprint density at radius 3 is 3.10 bits per heavy atom. The van der Waals surface area contributed by atoms with Gasteiger partial charge in [0.05, 0.1) is 17.4 Å². The van der Waals surface area contributed by atoms with Gasteiger partial charge in [-0.3, -0.25) is 4.79 Å². The molecule has 2 heterocycles. The lowest BCUT2D eigenvalue weighted by Gasteiger charge is -2.01. The van der Waals surface area contributed by atoms with Crippen molar-refractivity contribution in [1.82, 2.24) is 9.97 Å². The van der Waals surface area contributed by atoms with E-state index in [2.05, 4.69) is 9.97 Å². The number of H-pyrrole nitrogens is 1. The van der Waals surface area contributed by atoms with Gasteiger partial charge in [-0.25, -0.2) is 4.98 Å². The van der Waals surface area contributed by atoms with Crippen LogP contribution in [-0.2, 0) is 0 Å². The molecule has 0 saturated heterocycles. The lowest BCUT2D eigenvalue weighted by molar-refractivity contribution is 0.103. The molecule has 0 aliphatic carbocycles. The second-order valence-corrected chi connectivity index (χ2v) is 6.02. The smallest absolute Gasteiger partial charge is 0.223 e. The number of aromatic amines is 1. The fraction of sp³-hybridized carbons (Fsp3) is 0.200. The highest BCUT2D eigenvalue weighted by Gasteiger charge is 2.19. The van der Waals surface area contributed by atoms with Gasteiger partial charge in [0.15, 0.2) is 5.01 Å². The monoisotopic (exact) mass is 320 g/mol. The summed E-state index contributed by atoms with van der Waals surface area (Å²) in [6, 6.07) is 5.35. The Balaban J connectivity index is 1.98. The third-order valence-electron chi connectivity index (χ3n) is 3.33. The largest absolute Gasteiger partial charge is 0.387 e. The van der Waals surface area contributed by atoms with E-state index in [0.29, 0.717) is 27.7 Å². The SMILES string of the molecule is CC[C@H](O)c1csc(C(=O)c2c[nH]c3cc(Cl)ccc23)n1. The van der Waals surface area contributed by atoms with Crippen LogP contribution in [0.5, 0.6) is 0 Å². The van der Waals surface area contributed by atoms with E-state index in [1.807, 2.05) is 13.0 Å². The molecular formula is C15H13ClN2O2S. The maximum atomic E-state index is 12.5. The van der Waals surface area contributed by atoms with Crippen LogP contribution in [0.15, 0.2) is 29.8 Å². The number of rotatable bonds is 4. The first-order valence-corrected chi connectivity index (χ1v) is 7.80. The number of aromatic nitrogens is 2. The van der Waals surface area contributed by atoms with Gasteiger partial charge in [-0.1, -0.05) is 24.6 Å². The van der Waals surface area contributed by atoms with E-state index in [9.17, 15) is 9.90 Å². The lowest BCUT2D eigenvalue weighted by atomic mass is 10.1. The summed E-state index contributed by atoms with van der Waals surface area (Å²) in [6.45, 7) is 1.87. The minimum Gasteiger partial charge on any atom is -0.387 e. The molecule has 3 aromatic rings. The number of hydrogen-bond acceptors (Lipinski definition) is 4. The summed E-state index contributed by atoms with van der Waals surface area (Å²) in [5.41, 5.74) is 1.93. The fourth-order valence-electron chi connectivity index (χ4n) is 2.15. The van der Waals surface area contributed by atoms with E-state index in [1.165, 1.54) is 11.3 Å². The topological polar surface area (TPSA) is 66.0 Å². The maximum absolute atomic E-state index is 12.5. The number of nitrogens with one attached hydrogen (secondary N) is 1. The quantitative estimate of drug-likeness (QED) is 0.715. The average molecular weight is 321 g/mol. The van der Waals surface area contributed by atoms with Crippen molar-refractivity contribution in [3.8, 4) is 0 Å². The maximum Gasteiger partial charge on any atom is 0.223 e. The van der Waals surface area contributed by atoms with E-state index in [0.717, 1.165) is 10.9 Å². The molecule has 0 spiro atoms. The number of hydrogen-bond donors (Lipinski definition) is 2. The summed E-state index contributed by atoms with van der Waals surface area (Å²) in [5, 5.41) is 13.3. The standard InChI is InChI=1S/C15H13ClN2O2S/c1-2-13(19)12-7-21-15(18-12)14(20)10-6-17-11-5-8(16)3-4-9(10)11/h3-7,13,17,19H,2H2,1H3/t13-/m0/s1. The Bertz CT molecular complexity index is 809. The number of aliphatic hydroxyl groups is 1. The zero-order chi connectivity index (χ0) is 15.0. The van der Waals surface area contributed by atoms with Crippen LogP contribution in [0.3, 0.4) is 0 Å². The third kappa shape index (κ3) is 2.60. The van der Waals surface area contributed by atoms with E-state index in [-0.39, 0.29) is 5.78 Å². The molecule has 1 aromatic carbocycles. The Morgan fingerprint density at radius 1 is 1.52 bits per heavy atom. The molecule has 1 atom stereocenters. The summed E-state index contributed by atoms with van der Waals surface area (Å²) in [7, 11) is 0. The molecular weight excluding hydrogens is 308 g/mol. The van der Waals surface area contributed by atoms with Gasteiger partial charge >= 0.3 is 0 Å². The predicted molar refractivity (Wildman–Crippen MR) is 84.1 cm³/mol. The fourth-order valence-corrected chi connectivity index (χ4v) is 3.14. The summed E-state index contributed by atoms with van der Waals surface area (Å²) in [4.78, 5) is 19.8. The number of thiazole rings is 1. The number of carbonyl (C=O) groups excluding carboxylic acids is 1. The van der Waals surface area contributed by atoms with Gasteiger partial charge in [0.1, 0.15) is 0 Å². The highest BCUT2D eigenvalue weighted by Crippen LogP contribution is 2.26. The van der Waals surface area contributed by atoms with Crippen LogP contribution < -0.4 is 0 Å². The molecule has 2 aromatic heterocycles. The number of ketones is 1. The van der Waals surface area contributed by atoms with Crippen molar-refractivity contribution in [2.45, 2.75) is 19.4 Å². The number of fused-ring (bicyclic) bond motifs is 1. The summed E-state index contributed by atoms with van der Waals surface area (Å²) >= 11 is 7.19. The molecule has 0 aliphatic heterocycles. The highest BCUT2D eigenvalue weighted by atomic mass is 35.5. The minimum absolute atomic E-state index is 0.150. The van der Waals surface area contributed by atoms with E-state index < -0.39 is 6.10 Å². The molecule has 0 unspecified atom stereocenters. The summed E-state index contributed by atoms with van der Waals surface area (Å²) in [5.74, 6) is -0.150. The molecule has 0 amide bonds. The first-order chi connectivity index (χ1) is 10.1. The van der Waals surface area contributed by atoms with Crippen molar-refractivity contribution in [2.75, 3.05) is 0 Å². The molecule has 2 N–H and O–H groups in total. The number of nitrogens with zero attached hydrogens (tertiary/aromatic N) is 1. The van der Waals surface area contributed by atoms with Crippen molar-refractivity contribution in [2.24, 2.45) is 0 Å². The van der Waals surface area contributed by atoms with E-state index >= 15 is 0 Å². The van der Waals surface area contributed by atoms with Crippen molar-refractivity contribution in [3.05, 3.63) is 51.1 Å². The van der Waals surface area contributed by atoms with Crippen LogP contribution in [0.2, 0.25) is 5.02 Å². The first-order valence-electron chi connectivity index (χ1n) is 6.55. The number of aliphatic hydroxyl groups excluding tert-OH is 1. The molecule has 6 heteroatoms. The average Bonchev–Trinajstić information content (AvgIpc) is 3.12. The second kappa shape index (κ2) is 5.60. The van der Waals surface area contributed by atoms with Crippen LogP contribution in [0.1, 0.15) is 40.5 Å². The number of benzene rings is 1. The Morgan fingerprint density at radius 2 is 2.33 bits per heavy atom. The van der Waals surface area contributed by atoms with Crippen LogP contribution >= 0.6 is 22.9 Å². The molecule has 0 radical (unpaired) electrons. The molecule has 0 aliphatic rings. The highest BCUT2D eigenvalue weighted by molar-refractivity contribution is 7.12. The van der Waals surface area contributed by atoms with Crippen molar-refractivity contribution < 1.29 is 9.90 Å². The molecule has 0 bridgehead atoms. The lowest BCUT2D eigenvalue weighted by Crippen LogP contribution is -2.02. The molecule has 21 heavy (non-hydrogen) atoms. The van der Waals surface area contributed by atoms with Gasteiger partial charge in [-0.15, -0.1) is 11.3 Å². The minimum atomic E-state index is -0.621. The van der Waals surface area contributed by atoms with Gasteiger partial charge in [-0.2, -0.15) is 0 Å². The summed E-state index contributed by atoms with van der Waals surface area (Å²) in [6.07, 6.45) is 1.62. The van der Waals surface area contributed by atoms with Crippen molar-refractivity contribution in [1.29, 1.82) is 0 Å². The van der Waals surface area contributed by atoms with E-state index in [4.69, 9.17) is 11.6 Å². The molecule has 4 nitrogen and oxygen atoms in total. The van der Waals surface area contributed by atoms with Gasteiger partial charge in [0.2, 0.25) is 5.78 Å². The molecule has 0 fully saturated rings. The molecule has 108 valence electrons. The second-order valence-electron chi connectivity index (χ2n) is 4.72. The van der Waals surface area contributed by atoms with Crippen LogP contribution in [0, 0.1) is 0 Å². The van der Waals surface area contributed by atoms with Gasteiger partial charge in [0, 0.05) is 27.5 Å². The molecule has 3 rings (SSSR count). The first kappa shape index (κ1) is 14.3. The zero-order valence-electron chi connectivity index (χ0n) is 11.3. The third-order valence-corrected chi connectivity index (χ3v) is 4.43. The zero-order valence-corrected chi connectivity index (χ0v) is 12.8.